The molecule has 0 bridgehead atoms. The molecule has 2 aromatic rings. The van der Waals surface area contributed by atoms with Gasteiger partial charge in [-0.1, -0.05) is 33.2 Å². The highest BCUT2D eigenvalue weighted by atomic mass is 79.9. The van der Waals surface area contributed by atoms with Crippen LogP contribution in [-0.4, -0.2) is 16.7 Å². The van der Waals surface area contributed by atoms with Crippen molar-refractivity contribution in [2.45, 2.75) is 19.4 Å². The monoisotopic (exact) mass is 295 g/mol. The number of nitrogens with one attached hydrogen (secondary N) is 1. The van der Waals surface area contributed by atoms with Gasteiger partial charge in [0, 0.05) is 23.5 Å². The molecule has 0 radical (unpaired) electrons. The predicted molar refractivity (Wildman–Crippen MR) is 68.6 cm³/mol. The number of hydrogen-bond acceptors (Lipinski definition) is 4. The Hall–Kier alpha value is -1.20. The van der Waals surface area contributed by atoms with Crippen molar-refractivity contribution in [3.05, 3.63) is 46.5 Å². The molecule has 1 N–H and O–H groups in total. The summed E-state index contributed by atoms with van der Waals surface area (Å²) in [5.41, 5.74) is 1.26. The van der Waals surface area contributed by atoms with Crippen LogP contribution in [0.4, 0.5) is 0 Å². The van der Waals surface area contributed by atoms with E-state index in [1.54, 1.807) is 0 Å². The minimum absolute atomic E-state index is 0.305. The zero-order valence-electron chi connectivity index (χ0n) is 9.56. The Morgan fingerprint density at radius 1 is 1.47 bits per heavy atom. The average molecular weight is 296 g/mol. The molecule has 0 spiro atoms. The lowest BCUT2D eigenvalue weighted by atomic mass is 10.1. The van der Waals surface area contributed by atoms with Gasteiger partial charge in [-0.3, -0.25) is 0 Å². The maximum atomic E-state index is 4.68. The maximum Gasteiger partial charge on any atom is 0.213 e. The van der Waals surface area contributed by atoms with E-state index in [-0.39, 0.29) is 0 Å². The quantitative estimate of drug-likeness (QED) is 0.921. The molecule has 0 aliphatic carbocycles. The summed E-state index contributed by atoms with van der Waals surface area (Å²) < 4.78 is 5.78. The van der Waals surface area contributed by atoms with Crippen molar-refractivity contribution in [1.82, 2.24) is 15.5 Å². The maximum absolute atomic E-state index is 4.68. The van der Waals surface area contributed by atoms with E-state index in [4.69, 9.17) is 0 Å². The summed E-state index contributed by atoms with van der Waals surface area (Å²) in [5.74, 6) is 0.735. The smallest absolute Gasteiger partial charge is 0.213 e. The molecule has 1 atom stereocenters. The molecule has 0 saturated carbocycles. The second kappa shape index (κ2) is 5.93. The van der Waals surface area contributed by atoms with Crippen molar-refractivity contribution in [3.8, 4) is 0 Å². The zero-order valence-corrected chi connectivity index (χ0v) is 11.1. The summed E-state index contributed by atoms with van der Waals surface area (Å²) in [6.07, 6.45) is 2.13. The van der Waals surface area contributed by atoms with Crippen LogP contribution in [0.3, 0.4) is 0 Å². The van der Waals surface area contributed by atoms with Crippen LogP contribution < -0.4 is 5.32 Å². The molecule has 17 heavy (non-hydrogen) atoms. The number of hydrogen-bond donors (Lipinski definition) is 1. The number of halogens is 1. The first kappa shape index (κ1) is 12.3. The Labute approximate surface area is 109 Å². The summed E-state index contributed by atoms with van der Waals surface area (Å²) in [4.78, 5) is 3.97. The Morgan fingerprint density at radius 2 is 2.35 bits per heavy atom. The van der Waals surface area contributed by atoms with Gasteiger partial charge < -0.3 is 9.84 Å². The molecule has 4 nitrogen and oxygen atoms in total. The molecule has 1 aromatic carbocycles. The first-order valence-corrected chi connectivity index (χ1v) is 6.29. The van der Waals surface area contributed by atoms with Gasteiger partial charge in [-0.15, -0.1) is 0 Å². The molecular weight excluding hydrogens is 282 g/mol. The van der Waals surface area contributed by atoms with Crippen LogP contribution in [0.25, 0.3) is 0 Å². The second-order valence-corrected chi connectivity index (χ2v) is 4.74. The third-order valence-electron chi connectivity index (χ3n) is 2.55. The van der Waals surface area contributed by atoms with Gasteiger partial charge in [0.25, 0.3) is 0 Å². The van der Waals surface area contributed by atoms with E-state index in [1.165, 1.54) is 12.0 Å². The molecule has 1 unspecified atom stereocenters. The number of rotatable bonds is 5. The largest absolute Gasteiger partial charge is 0.343 e. The van der Waals surface area contributed by atoms with E-state index >= 15 is 0 Å². The van der Waals surface area contributed by atoms with Gasteiger partial charge in [-0.05, 0) is 24.6 Å². The minimum Gasteiger partial charge on any atom is -0.343 e. The van der Waals surface area contributed by atoms with Gasteiger partial charge in [-0.25, -0.2) is 0 Å². The first-order chi connectivity index (χ1) is 8.25. The Bertz CT molecular complexity index is 459. The van der Waals surface area contributed by atoms with Crippen molar-refractivity contribution in [3.63, 3.8) is 0 Å². The zero-order chi connectivity index (χ0) is 12.1. The summed E-state index contributed by atoms with van der Waals surface area (Å²) in [7, 11) is 0. The lowest BCUT2D eigenvalue weighted by Crippen LogP contribution is -2.21. The highest BCUT2D eigenvalue weighted by Gasteiger charge is 2.05. The molecule has 0 saturated heterocycles. The number of nitrogens with zero attached hydrogens (tertiary/aromatic N) is 2. The molecule has 0 aliphatic heterocycles. The van der Waals surface area contributed by atoms with Crippen LogP contribution in [0.5, 0.6) is 0 Å². The van der Waals surface area contributed by atoms with Crippen LogP contribution in [0.1, 0.15) is 24.4 Å². The molecule has 1 heterocycles. The summed E-state index contributed by atoms with van der Waals surface area (Å²) in [5, 5.41) is 7.19. The highest BCUT2D eigenvalue weighted by Crippen LogP contribution is 2.17. The topological polar surface area (TPSA) is 51.0 Å². The fourth-order valence-corrected chi connectivity index (χ4v) is 2.01. The fourth-order valence-electron chi connectivity index (χ4n) is 1.60. The summed E-state index contributed by atoms with van der Waals surface area (Å²) in [6, 6.07) is 8.59. The van der Waals surface area contributed by atoms with Crippen molar-refractivity contribution in [2.24, 2.45) is 0 Å². The third kappa shape index (κ3) is 3.64. The van der Waals surface area contributed by atoms with E-state index in [2.05, 4.69) is 55.0 Å². The molecule has 0 fully saturated rings. The highest BCUT2D eigenvalue weighted by molar-refractivity contribution is 9.10. The molecule has 1 aromatic heterocycles. The number of aromatic nitrogens is 2. The summed E-state index contributed by atoms with van der Waals surface area (Å²) >= 11 is 3.47. The van der Waals surface area contributed by atoms with Crippen molar-refractivity contribution < 1.29 is 4.52 Å². The summed E-state index contributed by atoms with van der Waals surface area (Å²) in [6.45, 7) is 2.96. The fraction of sp³-hybridized carbons (Fsp3) is 0.333. The van der Waals surface area contributed by atoms with Gasteiger partial charge in [0.05, 0.1) is 0 Å². The van der Waals surface area contributed by atoms with Crippen molar-refractivity contribution in [2.75, 3.05) is 6.54 Å². The normalized spacial score (nSPS) is 12.6. The average Bonchev–Trinajstić information content (AvgIpc) is 2.82. The molecule has 2 rings (SSSR count). The number of benzene rings is 1. The van der Waals surface area contributed by atoms with Crippen LogP contribution in [-0.2, 0) is 6.42 Å². The third-order valence-corrected chi connectivity index (χ3v) is 3.05. The Balaban J connectivity index is 1.83. The van der Waals surface area contributed by atoms with Gasteiger partial charge in [0.2, 0.25) is 6.39 Å². The SMILES string of the molecule is CC(NCCc1ncon1)c1cccc(Br)c1. The van der Waals surface area contributed by atoms with E-state index in [0.717, 1.165) is 23.3 Å². The van der Waals surface area contributed by atoms with Crippen LogP contribution in [0.15, 0.2) is 39.7 Å². The van der Waals surface area contributed by atoms with Crippen molar-refractivity contribution >= 4 is 15.9 Å². The molecular formula is C12H14BrN3O. The van der Waals surface area contributed by atoms with Gasteiger partial charge in [-0.2, -0.15) is 4.98 Å². The van der Waals surface area contributed by atoms with E-state index in [1.807, 2.05) is 12.1 Å². The first-order valence-electron chi connectivity index (χ1n) is 5.50. The molecule has 0 amide bonds. The van der Waals surface area contributed by atoms with E-state index < -0.39 is 0 Å². The Kier molecular flexibility index (Phi) is 4.28. The second-order valence-electron chi connectivity index (χ2n) is 3.83. The van der Waals surface area contributed by atoms with Gasteiger partial charge in [0.1, 0.15) is 0 Å². The molecule has 90 valence electrons. The lowest BCUT2D eigenvalue weighted by Gasteiger charge is -2.13. The van der Waals surface area contributed by atoms with E-state index in [0.29, 0.717) is 6.04 Å². The van der Waals surface area contributed by atoms with Gasteiger partial charge in [0.15, 0.2) is 5.82 Å². The van der Waals surface area contributed by atoms with Crippen LogP contribution in [0, 0.1) is 0 Å². The van der Waals surface area contributed by atoms with Crippen LogP contribution >= 0.6 is 15.9 Å². The Morgan fingerprint density at radius 3 is 3.06 bits per heavy atom. The van der Waals surface area contributed by atoms with Crippen molar-refractivity contribution in [1.29, 1.82) is 0 Å². The molecule has 5 heteroatoms. The van der Waals surface area contributed by atoms with Crippen LogP contribution in [0.2, 0.25) is 0 Å². The minimum atomic E-state index is 0.305. The van der Waals surface area contributed by atoms with Gasteiger partial charge >= 0.3 is 0 Å². The van der Waals surface area contributed by atoms with E-state index in [9.17, 15) is 0 Å². The predicted octanol–water partition coefficient (Wildman–Crippen LogP) is 2.73. The molecule has 0 aliphatic rings. The lowest BCUT2D eigenvalue weighted by molar-refractivity contribution is 0.408. The standard InChI is InChI=1S/C12H14BrN3O/c1-9(10-3-2-4-11(13)7-10)14-6-5-12-15-8-17-16-12/h2-4,7-9,14H,5-6H2,1H3.